The number of fused-ring (bicyclic) bond motifs is 3. The number of carbonyl (C=O) groups is 1. The molecule has 0 spiro atoms. The first-order chi connectivity index (χ1) is 12.1. The maximum absolute atomic E-state index is 14.0. The van der Waals surface area contributed by atoms with Crippen LogP contribution < -0.4 is 5.32 Å². The summed E-state index contributed by atoms with van der Waals surface area (Å²) < 4.78 is 15.8. The molecule has 0 aromatic carbocycles. The van der Waals surface area contributed by atoms with E-state index in [4.69, 9.17) is 0 Å². The van der Waals surface area contributed by atoms with Crippen molar-refractivity contribution in [3.8, 4) is 11.3 Å². The van der Waals surface area contributed by atoms with E-state index >= 15 is 0 Å². The van der Waals surface area contributed by atoms with Crippen molar-refractivity contribution in [3.05, 3.63) is 42.1 Å². The van der Waals surface area contributed by atoms with Gasteiger partial charge in [0.05, 0.1) is 11.9 Å². The fourth-order valence-corrected chi connectivity index (χ4v) is 4.36. The van der Waals surface area contributed by atoms with Crippen LogP contribution in [-0.4, -0.2) is 45.5 Å². The lowest BCUT2D eigenvalue weighted by molar-refractivity contribution is 0.0215. The van der Waals surface area contributed by atoms with E-state index in [1.165, 1.54) is 6.20 Å². The van der Waals surface area contributed by atoms with E-state index < -0.39 is 0 Å². The summed E-state index contributed by atoms with van der Waals surface area (Å²) >= 11 is 0. The molecule has 3 saturated heterocycles. The lowest BCUT2D eigenvalue weighted by Gasteiger charge is -2.49. The van der Waals surface area contributed by atoms with Crippen molar-refractivity contribution in [1.29, 1.82) is 0 Å². The van der Waals surface area contributed by atoms with Crippen molar-refractivity contribution in [2.24, 2.45) is 13.0 Å². The van der Waals surface area contributed by atoms with Gasteiger partial charge in [0.25, 0.3) is 5.91 Å². The van der Waals surface area contributed by atoms with Crippen molar-refractivity contribution in [2.45, 2.75) is 31.8 Å². The molecule has 3 fully saturated rings. The van der Waals surface area contributed by atoms with Crippen molar-refractivity contribution in [3.63, 3.8) is 0 Å². The topological polar surface area (TPSA) is 50.2 Å². The number of rotatable bonds is 3. The number of hydrogen-bond donors (Lipinski definition) is 1. The molecule has 5 rings (SSSR count). The average molecular weight is 342 g/mol. The predicted molar refractivity (Wildman–Crippen MR) is 93.6 cm³/mol. The molecule has 2 bridgehead atoms. The number of hydrogen-bond acceptors (Lipinski definition) is 3. The summed E-state index contributed by atoms with van der Waals surface area (Å²) in [6, 6.07) is 5.73. The summed E-state index contributed by atoms with van der Waals surface area (Å²) in [4.78, 5) is 19.1. The Kier molecular flexibility index (Phi) is 4.07. The normalized spacial score (nSPS) is 28.1. The average Bonchev–Trinajstić information content (AvgIpc) is 3.00. The monoisotopic (exact) mass is 342 g/mol. The Morgan fingerprint density at radius 2 is 2.04 bits per heavy atom. The van der Waals surface area contributed by atoms with Gasteiger partial charge in [0, 0.05) is 30.9 Å². The van der Waals surface area contributed by atoms with Gasteiger partial charge in [0.15, 0.2) is 5.82 Å². The molecule has 6 heteroatoms. The molecule has 0 aliphatic carbocycles. The van der Waals surface area contributed by atoms with Gasteiger partial charge in [0.1, 0.15) is 5.69 Å². The molecule has 1 amide bonds. The van der Waals surface area contributed by atoms with Gasteiger partial charge < -0.3 is 9.88 Å². The van der Waals surface area contributed by atoms with Crippen molar-refractivity contribution >= 4 is 5.91 Å². The van der Waals surface area contributed by atoms with E-state index in [9.17, 15) is 9.18 Å². The van der Waals surface area contributed by atoms with Gasteiger partial charge >= 0.3 is 0 Å². The van der Waals surface area contributed by atoms with Crippen LogP contribution in [-0.2, 0) is 7.05 Å². The van der Waals surface area contributed by atoms with Crippen molar-refractivity contribution < 1.29 is 9.18 Å². The zero-order chi connectivity index (χ0) is 17.6. The fourth-order valence-electron chi connectivity index (χ4n) is 4.36. The highest BCUT2D eigenvalue weighted by molar-refractivity contribution is 5.94. The Balaban J connectivity index is 1.57. The number of aromatic nitrogens is 2. The van der Waals surface area contributed by atoms with Gasteiger partial charge in [-0.1, -0.05) is 0 Å². The summed E-state index contributed by atoms with van der Waals surface area (Å²) in [7, 11) is 1.80. The molecule has 1 N–H and O–H groups in total. The molecule has 0 saturated carbocycles. The molecule has 0 radical (unpaired) electrons. The number of amides is 1. The van der Waals surface area contributed by atoms with Crippen LogP contribution in [0.2, 0.25) is 0 Å². The van der Waals surface area contributed by atoms with Gasteiger partial charge in [-0.2, -0.15) is 0 Å². The Bertz CT molecular complexity index is 792. The lowest BCUT2D eigenvalue weighted by Crippen LogP contribution is -2.62. The maximum Gasteiger partial charge on any atom is 0.268 e. The third kappa shape index (κ3) is 2.74. The second-order valence-corrected chi connectivity index (χ2v) is 7.13. The zero-order valence-electron chi connectivity index (χ0n) is 14.6. The highest BCUT2D eigenvalue weighted by Gasteiger charge is 2.40. The van der Waals surface area contributed by atoms with Gasteiger partial charge in [-0.3, -0.25) is 14.7 Å². The number of nitrogens with zero attached hydrogens (tertiary/aromatic N) is 3. The number of piperidine rings is 3. The van der Waals surface area contributed by atoms with Gasteiger partial charge in [0.2, 0.25) is 0 Å². The molecule has 2 aromatic rings. The Morgan fingerprint density at radius 1 is 1.28 bits per heavy atom. The van der Waals surface area contributed by atoms with E-state index in [2.05, 4.69) is 22.1 Å². The minimum atomic E-state index is -0.387. The Morgan fingerprint density at radius 3 is 2.72 bits per heavy atom. The standard InChI is InChI=1S/C19H23FN4O/c1-12-18(13-6-9-24(12)10-7-13)22-19(25)17-4-3-16(23(17)2)14-5-8-21-11-15(14)20/h3-5,8,11-13,18H,6-7,9-10H2,1-2H3,(H,22,25)/t12-,18+/m1/s1. The molecule has 3 aliphatic heterocycles. The molecule has 132 valence electrons. The molecule has 25 heavy (non-hydrogen) atoms. The molecule has 2 aromatic heterocycles. The maximum atomic E-state index is 14.0. The first-order valence-electron chi connectivity index (χ1n) is 8.87. The summed E-state index contributed by atoms with van der Waals surface area (Å²) in [5.74, 6) is 0.0804. The zero-order valence-corrected chi connectivity index (χ0v) is 14.6. The largest absolute Gasteiger partial charge is 0.346 e. The van der Waals surface area contributed by atoms with Crippen LogP contribution in [0.5, 0.6) is 0 Å². The SMILES string of the molecule is C[C@@H]1[C@H](NC(=O)c2ccc(-c3ccncc3F)n2C)C2CCN1CC2. The van der Waals surface area contributed by atoms with Crippen molar-refractivity contribution in [2.75, 3.05) is 13.1 Å². The van der Waals surface area contributed by atoms with E-state index in [1.807, 2.05) is 0 Å². The molecule has 5 nitrogen and oxygen atoms in total. The van der Waals surface area contributed by atoms with Crippen LogP contribution in [0.4, 0.5) is 4.39 Å². The summed E-state index contributed by atoms with van der Waals surface area (Å²) in [6.07, 6.45) is 5.04. The van der Waals surface area contributed by atoms with E-state index in [0.29, 0.717) is 28.9 Å². The van der Waals surface area contributed by atoms with Gasteiger partial charge in [-0.05, 0) is 57.0 Å². The highest BCUT2D eigenvalue weighted by Crippen LogP contribution is 2.32. The number of nitrogens with one attached hydrogen (secondary N) is 1. The van der Waals surface area contributed by atoms with Crippen LogP contribution in [0, 0.1) is 11.7 Å². The van der Waals surface area contributed by atoms with Gasteiger partial charge in [-0.15, -0.1) is 0 Å². The summed E-state index contributed by atoms with van der Waals surface area (Å²) in [5, 5.41) is 3.23. The third-order valence-electron chi connectivity index (χ3n) is 5.88. The first-order valence-corrected chi connectivity index (χ1v) is 8.87. The smallest absolute Gasteiger partial charge is 0.268 e. The van der Waals surface area contributed by atoms with Crippen molar-refractivity contribution in [1.82, 2.24) is 19.8 Å². The third-order valence-corrected chi connectivity index (χ3v) is 5.88. The predicted octanol–water partition coefficient (Wildman–Crippen LogP) is 2.44. The number of carbonyl (C=O) groups excluding carboxylic acids is 1. The van der Waals surface area contributed by atoms with Gasteiger partial charge in [-0.25, -0.2) is 4.39 Å². The van der Waals surface area contributed by atoms with Crippen LogP contribution in [0.1, 0.15) is 30.3 Å². The molecule has 2 atom stereocenters. The molecule has 0 unspecified atom stereocenters. The number of halogens is 1. The molecule has 5 heterocycles. The lowest BCUT2D eigenvalue weighted by atomic mass is 9.79. The first kappa shape index (κ1) is 16.3. The second kappa shape index (κ2) is 6.26. The minimum Gasteiger partial charge on any atom is -0.346 e. The minimum absolute atomic E-state index is 0.0891. The molecular weight excluding hydrogens is 319 g/mol. The van der Waals surface area contributed by atoms with Crippen LogP contribution >= 0.6 is 0 Å². The quantitative estimate of drug-likeness (QED) is 0.932. The summed E-state index contributed by atoms with van der Waals surface area (Å²) in [6.45, 7) is 4.46. The van der Waals surface area contributed by atoms with Crippen LogP contribution in [0.3, 0.4) is 0 Å². The second-order valence-electron chi connectivity index (χ2n) is 7.13. The van der Waals surface area contributed by atoms with Crippen LogP contribution in [0.15, 0.2) is 30.6 Å². The highest BCUT2D eigenvalue weighted by atomic mass is 19.1. The Labute approximate surface area is 146 Å². The van der Waals surface area contributed by atoms with E-state index in [1.54, 1.807) is 36.0 Å². The molecule has 3 aliphatic rings. The van der Waals surface area contributed by atoms with Crippen LogP contribution in [0.25, 0.3) is 11.3 Å². The Hall–Kier alpha value is -2.21. The molecular formula is C19H23FN4O. The fraction of sp³-hybridized carbons (Fsp3) is 0.474. The number of pyridine rings is 1. The van der Waals surface area contributed by atoms with E-state index in [0.717, 1.165) is 25.9 Å². The van der Waals surface area contributed by atoms with E-state index in [-0.39, 0.29) is 17.8 Å². The summed E-state index contributed by atoms with van der Waals surface area (Å²) in [5.41, 5.74) is 1.68.